The molecular weight excluding hydrogens is 332 g/mol. The Balaban J connectivity index is 1.56. The molecule has 26 heavy (non-hydrogen) atoms. The highest BCUT2D eigenvalue weighted by atomic mass is 16.5. The molecule has 138 valence electrons. The van der Waals surface area contributed by atoms with Gasteiger partial charge in [0.05, 0.1) is 12.2 Å². The molecule has 0 aliphatic carbocycles. The number of benzene rings is 1. The van der Waals surface area contributed by atoms with Crippen LogP contribution in [-0.4, -0.2) is 82.3 Å². The van der Waals surface area contributed by atoms with Crippen LogP contribution in [0.4, 0.5) is 0 Å². The van der Waals surface area contributed by atoms with E-state index in [2.05, 4.69) is 25.5 Å². The summed E-state index contributed by atoms with van der Waals surface area (Å²) in [5, 5.41) is 14.2. The van der Waals surface area contributed by atoms with Crippen molar-refractivity contribution in [3.05, 3.63) is 29.8 Å². The Kier molecular flexibility index (Phi) is 4.94. The van der Waals surface area contributed by atoms with Crippen LogP contribution >= 0.6 is 0 Å². The van der Waals surface area contributed by atoms with Crippen molar-refractivity contribution >= 4 is 5.91 Å². The monoisotopic (exact) mass is 356 g/mol. The fourth-order valence-corrected chi connectivity index (χ4v) is 4.14. The summed E-state index contributed by atoms with van der Waals surface area (Å²) in [5.74, 6) is 1.02. The summed E-state index contributed by atoms with van der Waals surface area (Å²) in [6.07, 6.45) is 2.33. The van der Waals surface area contributed by atoms with Crippen molar-refractivity contribution in [2.45, 2.75) is 18.9 Å². The number of carbonyl (C=O) groups is 1. The van der Waals surface area contributed by atoms with E-state index in [0.29, 0.717) is 23.3 Å². The Morgan fingerprint density at radius 2 is 2.15 bits per heavy atom. The maximum absolute atomic E-state index is 13.3. The molecule has 1 amide bonds. The number of nitrogens with zero attached hydrogens (tertiary/aromatic N) is 5. The van der Waals surface area contributed by atoms with Crippen molar-refractivity contribution in [2.24, 2.45) is 5.92 Å². The number of carbonyl (C=O) groups excluding carboxylic acids is 1. The van der Waals surface area contributed by atoms with Gasteiger partial charge in [-0.2, -0.15) is 5.21 Å². The zero-order valence-electron chi connectivity index (χ0n) is 15.0. The van der Waals surface area contributed by atoms with Gasteiger partial charge in [0.25, 0.3) is 5.91 Å². The summed E-state index contributed by atoms with van der Waals surface area (Å²) < 4.78 is 5.25. The van der Waals surface area contributed by atoms with E-state index in [1.54, 1.807) is 7.11 Å². The number of aromatic nitrogens is 4. The Bertz CT molecular complexity index is 750. The second-order valence-electron chi connectivity index (χ2n) is 7.08. The number of hydrogen-bond donors (Lipinski definition) is 1. The summed E-state index contributed by atoms with van der Waals surface area (Å²) >= 11 is 0. The number of ether oxygens (including phenoxy) is 1. The first kappa shape index (κ1) is 17.1. The fourth-order valence-electron chi connectivity index (χ4n) is 4.14. The van der Waals surface area contributed by atoms with Gasteiger partial charge in [0.15, 0.2) is 0 Å². The van der Waals surface area contributed by atoms with E-state index in [9.17, 15) is 4.79 Å². The molecule has 2 bridgehead atoms. The summed E-state index contributed by atoms with van der Waals surface area (Å²) in [4.78, 5) is 17.8. The molecule has 2 atom stereocenters. The van der Waals surface area contributed by atoms with Gasteiger partial charge in [0.2, 0.25) is 5.82 Å². The van der Waals surface area contributed by atoms with Crippen LogP contribution in [0.3, 0.4) is 0 Å². The number of aromatic amines is 1. The van der Waals surface area contributed by atoms with E-state index < -0.39 is 0 Å². The maximum atomic E-state index is 13.3. The van der Waals surface area contributed by atoms with Crippen molar-refractivity contribution in [3.8, 4) is 11.4 Å². The van der Waals surface area contributed by atoms with Gasteiger partial charge in [-0.15, -0.1) is 10.2 Å². The largest absolute Gasteiger partial charge is 0.383 e. The molecule has 5 rings (SSSR count). The van der Waals surface area contributed by atoms with Crippen LogP contribution in [0.1, 0.15) is 23.2 Å². The van der Waals surface area contributed by atoms with Crippen molar-refractivity contribution in [1.82, 2.24) is 30.4 Å². The third-order valence-electron chi connectivity index (χ3n) is 5.44. The molecule has 1 aromatic heterocycles. The van der Waals surface area contributed by atoms with Crippen molar-refractivity contribution in [1.29, 1.82) is 0 Å². The molecule has 3 aliphatic rings. The minimum Gasteiger partial charge on any atom is -0.383 e. The molecule has 4 heterocycles. The number of methoxy groups -OCH3 is 1. The van der Waals surface area contributed by atoms with Gasteiger partial charge in [-0.3, -0.25) is 9.69 Å². The molecule has 8 nitrogen and oxygen atoms in total. The first-order valence-electron chi connectivity index (χ1n) is 9.11. The highest BCUT2D eigenvalue weighted by molar-refractivity contribution is 6.00. The Morgan fingerprint density at radius 1 is 1.27 bits per heavy atom. The number of tetrazole rings is 1. The van der Waals surface area contributed by atoms with Crippen molar-refractivity contribution < 1.29 is 9.53 Å². The van der Waals surface area contributed by atoms with E-state index in [4.69, 9.17) is 4.74 Å². The van der Waals surface area contributed by atoms with E-state index >= 15 is 0 Å². The van der Waals surface area contributed by atoms with Crippen LogP contribution in [0, 0.1) is 5.92 Å². The highest BCUT2D eigenvalue weighted by Crippen LogP contribution is 2.30. The van der Waals surface area contributed by atoms with Gasteiger partial charge in [0, 0.05) is 44.9 Å². The third-order valence-corrected chi connectivity index (χ3v) is 5.44. The van der Waals surface area contributed by atoms with Gasteiger partial charge in [-0.25, -0.2) is 0 Å². The molecule has 0 radical (unpaired) electrons. The zero-order chi connectivity index (χ0) is 17.9. The lowest BCUT2D eigenvalue weighted by atomic mass is 9.95. The molecule has 0 saturated carbocycles. The van der Waals surface area contributed by atoms with Gasteiger partial charge < -0.3 is 9.64 Å². The standard InChI is InChI=1S/C18H24N6O2/c1-26-9-8-23-10-13-6-7-14(23)12-24(11-13)18(25)16-5-3-2-4-15(16)17-19-21-22-20-17/h2-5,13-14H,6-12H2,1H3,(H,19,20,21,22)/t13-,14-/m1/s1. The normalized spacial score (nSPS) is 23.2. The molecule has 3 fully saturated rings. The summed E-state index contributed by atoms with van der Waals surface area (Å²) in [5.41, 5.74) is 1.36. The lowest BCUT2D eigenvalue weighted by molar-refractivity contribution is 0.0718. The average Bonchev–Trinajstić information content (AvgIpc) is 3.06. The SMILES string of the molecule is COCCN1C[C@H]2CC[C@@H]1CN(C(=O)c1ccccc1-c1nn[nH]n1)C2. The molecule has 3 saturated heterocycles. The summed E-state index contributed by atoms with van der Waals surface area (Å²) in [7, 11) is 1.74. The smallest absolute Gasteiger partial charge is 0.254 e. The number of nitrogens with one attached hydrogen (secondary N) is 1. The molecule has 0 unspecified atom stereocenters. The predicted molar refractivity (Wildman–Crippen MR) is 95.5 cm³/mol. The van der Waals surface area contributed by atoms with Gasteiger partial charge >= 0.3 is 0 Å². The van der Waals surface area contributed by atoms with Crippen molar-refractivity contribution in [3.63, 3.8) is 0 Å². The lowest BCUT2D eigenvalue weighted by Crippen LogP contribution is -2.45. The minimum absolute atomic E-state index is 0.0518. The number of piperidine rings is 1. The van der Waals surface area contributed by atoms with E-state index in [0.717, 1.165) is 44.8 Å². The number of rotatable bonds is 5. The molecule has 3 aliphatic heterocycles. The number of fused-ring (bicyclic) bond motifs is 4. The number of H-pyrrole nitrogens is 1. The molecule has 8 heteroatoms. The quantitative estimate of drug-likeness (QED) is 0.862. The first-order valence-corrected chi connectivity index (χ1v) is 9.11. The summed E-state index contributed by atoms with van der Waals surface area (Å²) in [6.45, 7) is 4.28. The Hall–Kier alpha value is -2.32. The molecular formula is C18H24N6O2. The van der Waals surface area contributed by atoms with Crippen LogP contribution in [-0.2, 0) is 4.74 Å². The highest BCUT2D eigenvalue weighted by Gasteiger charge is 2.36. The predicted octanol–water partition coefficient (Wildman–Crippen LogP) is 1.05. The van der Waals surface area contributed by atoms with Crippen LogP contribution in [0.5, 0.6) is 0 Å². The van der Waals surface area contributed by atoms with Crippen LogP contribution < -0.4 is 0 Å². The van der Waals surface area contributed by atoms with Gasteiger partial charge in [-0.05, 0) is 30.0 Å². The van der Waals surface area contributed by atoms with Gasteiger partial charge in [-0.1, -0.05) is 18.2 Å². The maximum Gasteiger partial charge on any atom is 0.254 e. The van der Waals surface area contributed by atoms with Crippen molar-refractivity contribution in [2.75, 3.05) is 39.9 Å². The van der Waals surface area contributed by atoms with E-state index in [1.807, 2.05) is 29.2 Å². The average molecular weight is 356 g/mol. The zero-order valence-corrected chi connectivity index (χ0v) is 15.0. The molecule has 0 spiro atoms. The molecule has 1 N–H and O–H groups in total. The van der Waals surface area contributed by atoms with E-state index in [1.165, 1.54) is 6.42 Å². The van der Waals surface area contributed by atoms with Crippen LogP contribution in [0.15, 0.2) is 24.3 Å². The fraction of sp³-hybridized carbons (Fsp3) is 0.556. The molecule has 2 aromatic rings. The minimum atomic E-state index is 0.0518. The molecule has 1 aromatic carbocycles. The number of hydrogen-bond acceptors (Lipinski definition) is 6. The Labute approximate surface area is 152 Å². The van der Waals surface area contributed by atoms with Gasteiger partial charge in [0.1, 0.15) is 0 Å². The third kappa shape index (κ3) is 3.34. The summed E-state index contributed by atoms with van der Waals surface area (Å²) in [6, 6.07) is 7.90. The van der Waals surface area contributed by atoms with Crippen LogP contribution in [0.25, 0.3) is 11.4 Å². The lowest BCUT2D eigenvalue weighted by Gasteiger charge is -2.35. The topological polar surface area (TPSA) is 87.2 Å². The van der Waals surface area contributed by atoms with Crippen LogP contribution in [0.2, 0.25) is 0 Å². The number of amides is 1. The second-order valence-corrected chi connectivity index (χ2v) is 7.08. The first-order chi connectivity index (χ1) is 12.8. The Morgan fingerprint density at radius 3 is 2.96 bits per heavy atom. The second kappa shape index (κ2) is 7.51. The van der Waals surface area contributed by atoms with E-state index in [-0.39, 0.29) is 5.91 Å².